The van der Waals surface area contributed by atoms with Crippen molar-refractivity contribution in [1.29, 1.82) is 0 Å². The summed E-state index contributed by atoms with van der Waals surface area (Å²) in [4.78, 5) is 20.4. The van der Waals surface area contributed by atoms with E-state index < -0.39 is 4.92 Å². The third kappa shape index (κ3) is 5.20. The Morgan fingerprint density at radius 1 is 1.22 bits per heavy atom. The number of thioether (sulfide) groups is 1. The van der Waals surface area contributed by atoms with E-state index in [0.717, 1.165) is 23.5 Å². The van der Waals surface area contributed by atoms with Crippen molar-refractivity contribution in [2.24, 2.45) is 0 Å². The maximum absolute atomic E-state index is 11.3. The predicted octanol–water partition coefficient (Wildman–Crippen LogP) is 4.15. The van der Waals surface area contributed by atoms with Crippen molar-refractivity contribution in [2.45, 2.75) is 17.9 Å². The van der Waals surface area contributed by atoms with Crippen molar-refractivity contribution in [3.63, 3.8) is 0 Å². The van der Waals surface area contributed by atoms with E-state index in [1.54, 1.807) is 30.4 Å². The molecule has 140 valence electrons. The highest BCUT2D eigenvalue weighted by Gasteiger charge is 2.16. The van der Waals surface area contributed by atoms with Crippen LogP contribution >= 0.6 is 11.8 Å². The highest BCUT2D eigenvalue weighted by atomic mass is 32.2. The Morgan fingerprint density at radius 3 is 2.70 bits per heavy atom. The van der Waals surface area contributed by atoms with Crippen LogP contribution in [-0.2, 0) is 6.54 Å². The van der Waals surface area contributed by atoms with Gasteiger partial charge in [-0.05, 0) is 43.0 Å². The fourth-order valence-corrected chi connectivity index (χ4v) is 2.91. The SMILES string of the molecule is CSc1ccc(Nc2nc(NCCCn3ccnc3)ccc2[N+](=O)[O-])cc1. The fraction of sp³-hybridized carbons (Fsp3) is 0.222. The smallest absolute Gasteiger partial charge is 0.311 e. The van der Waals surface area contributed by atoms with E-state index in [2.05, 4.69) is 20.6 Å². The van der Waals surface area contributed by atoms with Gasteiger partial charge in [0.25, 0.3) is 0 Å². The zero-order valence-corrected chi connectivity index (χ0v) is 15.6. The summed E-state index contributed by atoms with van der Waals surface area (Å²) in [6.45, 7) is 1.54. The molecule has 0 radical (unpaired) electrons. The summed E-state index contributed by atoms with van der Waals surface area (Å²) in [6, 6.07) is 10.8. The molecule has 3 rings (SSSR count). The zero-order valence-electron chi connectivity index (χ0n) is 14.8. The van der Waals surface area contributed by atoms with Crippen LogP contribution < -0.4 is 10.6 Å². The van der Waals surface area contributed by atoms with E-state index >= 15 is 0 Å². The van der Waals surface area contributed by atoms with Crippen LogP contribution in [0.4, 0.5) is 23.0 Å². The van der Waals surface area contributed by atoms with Gasteiger partial charge in [0.15, 0.2) is 0 Å². The first-order chi connectivity index (χ1) is 13.2. The Bertz CT molecular complexity index is 883. The highest BCUT2D eigenvalue weighted by molar-refractivity contribution is 7.98. The number of anilines is 3. The second kappa shape index (κ2) is 9.04. The van der Waals surface area contributed by atoms with Gasteiger partial charge in [-0.3, -0.25) is 10.1 Å². The van der Waals surface area contributed by atoms with E-state index in [-0.39, 0.29) is 11.5 Å². The number of aromatic nitrogens is 3. The van der Waals surface area contributed by atoms with Crippen molar-refractivity contribution >= 4 is 34.8 Å². The Labute approximate surface area is 161 Å². The minimum absolute atomic E-state index is 0.0621. The van der Waals surface area contributed by atoms with E-state index in [1.165, 1.54) is 6.07 Å². The number of pyridine rings is 1. The van der Waals surface area contributed by atoms with Crippen molar-refractivity contribution in [1.82, 2.24) is 14.5 Å². The number of benzene rings is 1. The van der Waals surface area contributed by atoms with Gasteiger partial charge >= 0.3 is 5.69 Å². The van der Waals surface area contributed by atoms with Gasteiger partial charge in [-0.25, -0.2) is 9.97 Å². The zero-order chi connectivity index (χ0) is 19.1. The number of imidazole rings is 1. The second-order valence-electron chi connectivity index (χ2n) is 5.76. The molecule has 1 aromatic carbocycles. The standard InChI is InChI=1S/C18H20N6O2S/c1-27-15-5-3-14(4-6-15)21-18-16(24(25)26)7-8-17(22-18)20-9-2-11-23-12-10-19-13-23/h3-8,10,12-13H,2,9,11H2,1H3,(H2,20,21,22). The van der Waals surface area contributed by atoms with E-state index in [4.69, 9.17) is 0 Å². The van der Waals surface area contributed by atoms with Crippen LogP contribution in [0.25, 0.3) is 0 Å². The molecule has 3 aromatic rings. The van der Waals surface area contributed by atoms with Gasteiger partial charge < -0.3 is 15.2 Å². The fourth-order valence-electron chi connectivity index (χ4n) is 2.50. The number of rotatable bonds is 9. The number of hydrogen-bond acceptors (Lipinski definition) is 7. The van der Waals surface area contributed by atoms with Gasteiger partial charge in [0, 0.05) is 42.1 Å². The minimum atomic E-state index is -0.436. The molecule has 2 aromatic heterocycles. The molecular formula is C18H20N6O2S. The van der Waals surface area contributed by atoms with Gasteiger partial charge in [0.05, 0.1) is 11.3 Å². The average molecular weight is 384 g/mol. The first kappa shape index (κ1) is 18.7. The van der Waals surface area contributed by atoms with E-state index in [1.807, 2.05) is 41.3 Å². The summed E-state index contributed by atoms with van der Waals surface area (Å²) in [5.41, 5.74) is 0.688. The highest BCUT2D eigenvalue weighted by Crippen LogP contribution is 2.28. The first-order valence-corrected chi connectivity index (χ1v) is 9.64. The molecule has 0 bridgehead atoms. The van der Waals surface area contributed by atoms with Gasteiger partial charge in [-0.1, -0.05) is 0 Å². The normalized spacial score (nSPS) is 10.6. The second-order valence-corrected chi connectivity index (χ2v) is 6.64. The van der Waals surface area contributed by atoms with Gasteiger partial charge in [-0.2, -0.15) is 0 Å². The topological polar surface area (TPSA) is 97.9 Å². The lowest BCUT2D eigenvalue weighted by Crippen LogP contribution is -2.08. The third-order valence-electron chi connectivity index (χ3n) is 3.88. The lowest BCUT2D eigenvalue weighted by molar-refractivity contribution is -0.384. The number of nitro groups is 1. The molecule has 0 spiro atoms. The molecule has 0 aliphatic heterocycles. The van der Waals surface area contributed by atoms with Crippen LogP contribution in [0.5, 0.6) is 0 Å². The van der Waals surface area contributed by atoms with Gasteiger partial charge in [0.1, 0.15) is 5.82 Å². The number of nitrogens with zero attached hydrogens (tertiary/aromatic N) is 4. The number of nitrogens with one attached hydrogen (secondary N) is 2. The molecular weight excluding hydrogens is 364 g/mol. The summed E-state index contributed by atoms with van der Waals surface area (Å²) < 4.78 is 2.00. The van der Waals surface area contributed by atoms with Crippen LogP contribution in [0.2, 0.25) is 0 Å². The largest absolute Gasteiger partial charge is 0.370 e. The maximum atomic E-state index is 11.3. The summed E-state index contributed by atoms with van der Waals surface area (Å²) in [6.07, 6.45) is 8.31. The molecule has 0 amide bonds. The Kier molecular flexibility index (Phi) is 6.26. The Balaban J connectivity index is 1.66. The first-order valence-electron chi connectivity index (χ1n) is 8.42. The summed E-state index contributed by atoms with van der Waals surface area (Å²) in [5, 5.41) is 17.6. The monoisotopic (exact) mass is 384 g/mol. The minimum Gasteiger partial charge on any atom is -0.370 e. The van der Waals surface area contributed by atoms with Crippen LogP contribution in [0.3, 0.4) is 0 Å². The van der Waals surface area contributed by atoms with Crippen molar-refractivity contribution < 1.29 is 4.92 Å². The predicted molar refractivity (Wildman–Crippen MR) is 108 cm³/mol. The lowest BCUT2D eigenvalue weighted by atomic mass is 10.3. The molecule has 9 heteroatoms. The van der Waals surface area contributed by atoms with Crippen molar-refractivity contribution in [3.05, 3.63) is 65.2 Å². The quantitative estimate of drug-likeness (QED) is 0.247. The molecule has 0 saturated heterocycles. The molecule has 0 aliphatic carbocycles. The average Bonchev–Trinajstić information content (AvgIpc) is 3.19. The van der Waals surface area contributed by atoms with Crippen LogP contribution in [-0.4, -0.2) is 32.3 Å². The summed E-state index contributed by atoms with van der Waals surface area (Å²) >= 11 is 1.64. The molecule has 2 heterocycles. The molecule has 27 heavy (non-hydrogen) atoms. The van der Waals surface area contributed by atoms with Gasteiger partial charge in [0.2, 0.25) is 5.82 Å². The Morgan fingerprint density at radius 2 is 2.04 bits per heavy atom. The summed E-state index contributed by atoms with van der Waals surface area (Å²) in [7, 11) is 0. The van der Waals surface area contributed by atoms with Crippen molar-refractivity contribution in [2.75, 3.05) is 23.4 Å². The van der Waals surface area contributed by atoms with Gasteiger partial charge in [-0.15, -0.1) is 11.8 Å². The molecule has 2 N–H and O–H groups in total. The number of aryl methyl sites for hydroxylation is 1. The molecule has 8 nitrogen and oxygen atoms in total. The van der Waals surface area contributed by atoms with Crippen LogP contribution in [0.1, 0.15) is 6.42 Å². The lowest BCUT2D eigenvalue weighted by Gasteiger charge is -2.10. The number of hydrogen-bond donors (Lipinski definition) is 2. The third-order valence-corrected chi connectivity index (χ3v) is 4.63. The molecule has 0 fully saturated rings. The summed E-state index contributed by atoms with van der Waals surface area (Å²) in [5.74, 6) is 0.811. The Hall–Kier alpha value is -3.07. The molecule has 0 unspecified atom stereocenters. The van der Waals surface area contributed by atoms with Crippen LogP contribution in [0, 0.1) is 10.1 Å². The van der Waals surface area contributed by atoms with E-state index in [0.29, 0.717) is 12.4 Å². The maximum Gasteiger partial charge on any atom is 0.311 e. The van der Waals surface area contributed by atoms with E-state index in [9.17, 15) is 10.1 Å². The molecule has 0 saturated carbocycles. The van der Waals surface area contributed by atoms with Crippen LogP contribution in [0.15, 0.2) is 60.0 Å². The molecule has 0 aliphatic rings. The molecule has 0 atom stereocenters. The van der Waals surface area contributed by atoms with Crippen molar-refractivity contribution in [3.8, 4) is 0 Å².